The highest BCUT2D eigenvalue weighted by molar-refractivity contribution is 4.92. The minimum absolute atomic E-state index is 0.731. The van der Waals surface area contributed by atoms with Crippen LogP contribution in [0.5, 0.6) is 0 Å². The quantitative estimate of drug-likeness (QED) is 0.255. The van der Waals surface area contributed by atoms with Gasteiger partial charge >= 0.3 is 0 Å². The van der Waals surface area contributed by atoms with Gasteiger partial charge in [0.15, 0.2) is 0 Å². The average Bonchev–Trinajstić information content (AvgIpc) is 2.47. The van der Waals surface area contributed by atoms with E-state index in [9.17, 15) is 0 Å². The second kappa shape index (κ2) is 18.0. The minimum atomic E-state index is 0.731. The number of rotatable bonds is 14. The molecule has 0 spiro atoms. The molecule has 0 aromatic heterocycles. The van der Waals surface area contributed by atoms with Gasteiger partial charge in [-0.3, -0.25) is 0 Å². The molecule has 0 N–H and O–H groups in total. The molecule has 0 heterocycles. The van der Waals surface area contributed by atoms with Crippen LogP contribution in [0.15, 0.2) is 24.3 Å². The first kappa shape index (κ1) is 19.0. The molecule has 0 bridgehead atoms. The van der Waals surface area contributed by atoms with Crippen molar-refractivity contribution in [3.05, 3.63) is 24.3 Å². The second-order valence-corrected chi connectivity index (χ2v) is 5.49. The molecule has 0 radical (unpaired) electrons. The van der Waals surface area contributed by atoms with Gasteiger partial charge in [-0.2, -0.15) is 5.26 Å². The van der Waals surface area contributed by atoms with Crippen molar-refractivity contribution >= 4 is 0 Å². The van der Waals surface area contributed by atoms with Crippen molar-refractivity contribution in [1.82, 2.24) is 0 Å². The van der Waals surface area contributed by atoms with Crippen LogP contribution in [0, 0.1) is 11.3 Å². The van der Waals surface area contributed by atoms with E-state index in [1.54, 1.807) is 0 Å². The van der Waals surface area contributed by atoms with E-state index in [0.717, 1.165) is 19.3 Å². The maximum Gasteiger partial charge on any atom is 0.0621 e. The lowest BCUT2D eigenvalue weighted by Crippen LogP contribution is -1.79. The fraction of sp³-hybridized carbons (Fsp3) is 0.737. The van der Waals surface area contributed by atoms with Crippen molar-refractivity contribution in [2.75, 3.05) is 0 Å². The Morgan fingerprint density at radius 2 is 1.25 bits per heavy atom. The third-order valence-electron chi connectivity index (χ3n) is 3.49. The van der Waals surface area contributed by atoms with Crippen LogP contribution < -0.4 is 0 Å². The van der Waals surface area contributed by atoms with E-state index < -0.39 is 0 Å². The van der Waals surface area contributed by atoms with Crippen LogP contribution in [-0.4, -0.2) is 0 Å². The van der Waals surface area contributed by atoms with Gasteiger partial charge in [-0.15, -0.1) is 0 Å². The Morgan fingerprint density at radius 3 is 1.85 bits per heavy atom. The molecule has 0 rings (SSSR count). The van der Waals surface area contributed by atoms with Crippen LogP contribution in [0.3, 0.4) is 0 Å². The van der Waals surface area contributed by atoms with Crippen molar-refractivity contribution in [3.63, 3.8) is 0 Å². The lowest BCUT2D eigenvalue weighted by molar-refractivity contribution is 0.601. The van der Waals surface area contributed by atoms with E-state index in [0.29, 0.717) is 0 Å². The number of unbranched alkanes of at least 4 members (excludes halogenated alkanes) is 10. The molecule has 0 aliphatic heterocycles. The van der Waals surface area contributed by atoms with Gasteiger partial charge in [0, 0.05) is 6.42 Å². The molecule has 0 saturated heterocycles. The van der Waals surface area contributed by atoms with Gasteiger partial charge in [0.25, 0.3) is 0 Å². The summed E-state index contributed by atoms with van der Waals surface area (Å²) in [7, 11) is 0. The van der Waals surface area contributed by atoms with Gasteiger partial charge < -0.3 is 0 Å². The summed E-state index contributed by atoms with van der Waals surface area (Å²) in [5, 5.41) is 8.42. The van der Waals surface area contributed by atoms with Crippen molar-refractivity contribution in [2.45, 2.75) is 90.4 Å². The van der Waals surface area contributed by atoms with Gasteiger partial charge in [-0.1, -0.05) is 69.8 Å². The molecule has 0 saturated carbocycles. The Hall–Kier alpha value is -1.03. The third-order valence-corrected chi connectivity index (χ3v) is 3.49. The molecule has 0 unspecified atom stereocenters. The van der Waals surface area contributed by atoms with Gasteiger partial charge in [-0.05, 0) is 38.5 Å². The van der Waals surface area contributed by atoms with Crippen LogP contribution in [0.2, 0.25) is 0 Å². The van der Waals surface area contributed by atoms with Crippen molar-refractivity contribution in [2.24, 2.45) is 0 Å². The van der Waals surface area contributed by atoms with Gasteiger partial charge in [-0.25, -0.2) is 0 Å². The van der Waals surface area contributed by atoms with Gasteiger partial charge in [0.2, 0.25) is 0 Å². The van der Waals surface area contributed by atoms with E-state index in [-0.39, 0.29) is 0 Å². The van der Waals surface area contributed by atoms with E-state index in [1.165, 1.54) is 64.2 Å². The lowest BCUT2D eigenvalue weighted by Gasteiger charge is -1.98. The molecule has 0 aromatic rings. The molecule has 0 aliphatic rings. The molecule has 0 atom stereocenters. The van der Waals surface area contributed by atoms with E-state index >= 15 is 0 Å². The topological polar surface area (TPSA) is 23.8 Å². The van der Waals surface area contributed by atoms with Crippen molar-refractivity contribution in [3.8, 4) is 6.07 Å². The normalized spacial score (nSPS) is 11.4. The standard InChI is InChI=1S/C19H33N/c1-2-3-4-5-6-7-8-9-10-11-12-13-14-15-16-17-18-19-20/h6-7,9-10H,2-5,8,11-18H2,1H3. The molecule has 0 aromatic carbocycles. The van der Waals surface area contributed by atoms with Gasteiger partial charge in [0.05, 0.1) is 6.07 Å². The monoisotopic (exact) mass is 275 g/mol. The zero-order valence-electron chi connectivity index (χ0n) is 13.4. The van der Waals surface area contributed by atoms with Crippen LogP contribution >= 0.6 is 0 Å². The summed E-state index contributed by atoms with van der Waals surface area (Å²) in [6.07, 6.45) is 25.1. The number of hydrogen-bond acceptors (Lipinski definition) is 1. The molecule has 0 fully saturated rings. The molecular formula is C19H33N. The molecule has 0 amide bonds. The van der Waals surface area contributed by atoms with Crippen molar-refractivity contribution in [1.29, 1.82) is 5.26 Å². The Morgan fingerprint density at radius 1 is 0.700 bits per heavy atom. The molecule has 20 heavy (non-hydrogen) atoms. The largest absolute Gasteiger partial charge is 0.198 e. The number of hydrogen-bond donors (Lipinski definition) is 0. The summed E-state index contributed by atoms with van der Waals surface area (Å²) in [6, 6.07) is 2.20. The van der Waals surface area contributed by atoms with E-state index in [4.69, 9.17) is 5.26 Å². The maximum atomic E-state index is 8.42. The smallest absolute Gasteiger partial charge is 0.0621 e. The van der Waals surface area contributed by atoms with Gasteiger partial charge in [0.1, 0.15) is 0 Å². The predicted octanol–water partition coefficient (Wildman–Crippen LogP) is 6.71. The Labute approximate surface area is 126 Å². The SMILES string of the molecule is CCCCCC=CCC=CCCCCCCCCC#N. The highest BCUT2D eigenvalue weighted by atomic mass is 14.2. The zero-order chi connectivity index (χ0) is 14.7. The molecule has 0 aliphatic carbocycles. The first-order chi connectivity index (χ1) is 9.91. The fourth-order valence-electron chi connectivity index (χ4n) is 2.19. The van der Waals surface area contributed by atoms with Crippen LogP contribution in [0.25, 0.3) is 0 Å². The summed E-state index contributed by atoms with van der Waals surface area (Å²) >= 11 is 0. The minimum Gasteiger partial charge on any atom is -0.198 e. The van der Waals surface area contributed by atoms with E-state index in [2.05, 4.69) is 37.3 Å². The van der Waals surface area contributed by atoms with E-state index in [1.807, 2.05) is 0 Å². The van der Waals surface area contributed by atoms with Crippen LogP contribution in [0.4, 0.5) is 0 Å². The Bertz CT molecular complexity index is 270. The van der Waals surface area contributed by atoms with Crippen molar-refractivity contribution < 1.29 is 0 Å². The fourth-order valence-corrected chi connectivity index (χ4v) is 2.19. The summed E-state index contributed by atoms with van der Waals surface area (Å²) in [6.45, 7) is 2.25. The summed E-state index contributed by atoms with van der Waals surface area (Å²) < 4.78 is 0. The maximum absolute atomic E-state index is 8.42. The second-order valence-electron chi connectivity index (χ2n) is 5.49. The first-order valence-corrected chi connectivity index (χ1v) is 8.58. The Kier molecular flexibility index (Phi) is 17.0. The summed E-state index contributed by atoms with van der Waals surface area (Å²) in [5.74, 6) is 0. The molecule has 1 heteroatoms. The molecular weight excluding hydrogens is 242 g/mol. The molecule has 114 valence electrons. The van der Waals surface area contributed by atoms with Crippen LogP contribution in [0.1, 0.15) is 90.4 Å². The number of nitrogens with zero attached hydrogens (tertiary/aromatic N) is 1. The highest BCUT2D eigenvalue weighted by Gasteiger charge is 1.90. The molecule has 1 nitrogen and oxygen atoms in total. The first-order valence-electron chi connectivity index (χ1n) is 8.58. The number of allylic oxidation sites excluding steroid dienone is 4. The lowest BCUT2D eigenvalue weighted by atomic mass is 10.1. The third kappa shape index (κ3) is 17.0. The Balaban J connectivity index is 3.14. The highest BCUT2D eigenvalue weighted by Crippen LogP contribution is 2.08. The average molecular weight is 275 g/mol. The number of nitriles is 1. The summed E-state index contributed by atoms with van der Waals surface area (Å²) in [5.41, 5.74) is 0. The zero-order valence-corrected chi connectivity index (χ0v) is 13.4. The van der Waals surface area contributed by atoms with Crippen LogP contribution in [-0.2, 0) is 0 Å². The summed E-state index contributed by atoms with van der Waals surface area (Å²) in [4.78, 5) is 0. The predicted molar refractivity (Wildman–Crippen MR) is 89.6 cm³/mol.